The van der Waals surface area contributed by atoms with Crippen LogP contribution >= 0.6 is 0 Å². The zero-order valence-electron chi connectivity index (χ0n) is 13.0. The third kappa shape index (κ3) is 3.88. The molecule has 0 bridgehead atoms. The number of aromatic hydroxyl groups is 1. The summed E-state index contributed by atoms with van der Waals surface area (Å²) in [6.45, 7) is 0. The maximum Gasteiger partial charge on any atom is 0.416 e. The Kier molecular flexibility index (Phi) is 4.57. The molecule has 0 spiro atoms. The lowest BCUT2D eigenvalue weighted by Gasteiger charge is -2.07. The molecule has 1 N–H and O–H groups in total. The minimum atomic E-state index is -4.37. The first-order chi connectivity index (χ1) is 11.9. The molecule has 0 aliphatic heterocycles. The van der Waals surface area contributed by atoms with E-state index in [1.807, 2.05) is 30.3 Å². The Balaban J connectivity index is 1.87. The Morgan fingerprint density at radius 3 is 2.12 bits per heavy atom. The van der Waals surface area contributed by atoms with Crippen LogP contribution in [0.1, 0.15) is 11.1 Å². The number of benzene rings is 3. The molecule has 0 atom stereocenters. The minimum absolute atomic E-state index is 0.0735. The summed E-state index contributed by atoms with van der Waals surface area (Å²) >= 11 is 0. The van der Waals surface area contributed by atoms with Gasteiger partial charge in [-0.15, -0.1) is 0 Å². The van der Waals surface area contributed by atoms with E-state index >= 15 is 0 Å². The summed E-state index contributed by atoms with van der Waals surface area (Å²) in [6, 6.07) is 19.2. The van der Waals surface area contributed by atoms with Gasteiger partial charge in [-0.2, -0.15) is 13.2 Å². The third-order valence-corrected chi connectivity index (χ3v) is 3.70. The van der Waals surface area contributed by atoms with Crippen LogP contribution < -0.4 is 0 Å². The molecule has 0 saturated heterocycles. The van der Waals surface area contributed by atoms with E-state index in [4.69, 9.17) is 0 Å². The lowest BCUT2D eigenvalue weighted by molar-refractivity contribution is -0.137. The van der Waals surface area contributed by atoms with Crippen molar-refractivity contribution in [2.24, 2.45) is 4.99 Å². The van der Waals surface area contributed by atoms with Gasteiger partial charge in [-0.25, -0.2) is 0 Å². The fourth-order valence-corrected chi connectivity index (χ4v) is 2.40. The number of alkyl halides is 3. The Hall–Kier alpha value is -3.08. The molecule has 0 fully saturated rings. The summed E-state index contributed by atoms with van der Waals surface area (Å²) < 4.78 is 37.7. The average molecular weight is 341 g/mol. The highest BCUT2D eigenvalue weighted by Gasteiger charge is 2.29. The highest BCUT2D eigenvalue weighted by Crippen LogP contribution is 2.32. The van der Waals surface area contributed by atoms with Gasteiger partial charge in [0, 0.05) is 17.3 Å². The third-order valence-electron chi connectivity index (χ3n) is 3.70. The lowest BCUT2D eigenvalue weighted by atomic mass is 10.0. The Morgan fingerprint density at radius 2 is 1.48 bits per heavy atom. The van der Waals surface area contributed by atoms with Gasteiger partial charge < -0.3 is 5.11 Å². The first-order valence-electron chi connectivity index (χ1n) is 7.54. The van der Waals surface area contributed by atoms with E-state index in [-0.39, 0.29) is 5.75 Å². The Morgan fingerprint density at radius 1 is 0.800 bits per heavy atom. The summed E-state index contributed by atoms with van der Waals surface area (Å²) in [7, 11) is 0. The molecule has 5 heteroatoms. The molecule has 0 aliphatic rings. The Labute approximate surface area is 142 Å². The molecule has 0 aromatic heterocycles. The van der Waals surface area contributed by atoms with Gasteiger partial charge >= 0.3 is 6.18 Å². The quantitative estimate of drug-likeness (QED) is 0.597. The molecular weight excluding hydrogens is 327 g/mol. The molecule has 3 aromatic rings. The summed E-state index contributed by atoms with van der Waals surface area (Å²) in [5, 5.41) is 10.4. The van der Waals surface area contributed by atoms with Gasteiger partial charge in [0.25, 0.3) is 0 Å². The van der Waals surface area contributed by atoms with Gasteiger partial charge in [0.05, 0.1) is 11.3 Å². The van der Waals surface area contributed by atoms with Crippen molar-refractivity contribution in [3.63, 3.8) is 0 Å². The van der Waals surface area contributed by atoms with Crippen molar-refractivity contribution in [3.05, 3.63) is 83.9 Å². The van der Waals surface area contributed by atoms with Crippen LogP contribution in [-0.4, -0.2) is 11.3 Å². The number of aliphatic imine (C=N–C) groups is 1. The lowest BCUT2D eigenvalue weighted by Crippen LogP contribution is -2.03. The minimum Gasteiger partial charge on any atom is -0.507 e. The van der Waals surface area contributed by atoms with Gasteiger partial charge in [0.2, 0.25) is 0 Å². The fourth-order valence-electron chi connectivity index (χ4n) is 2.40. The van der Waals surface area contributed by atoms with Crippen LogP contribution in [0.25, 0.3) is 11.1 Å². The number of hydrogen-bond acceptors (Lipinski definition) is 2. The number of halogens is 3. The van der Waals surface area contributed by atoms with Crippen molar-refractivity contribution >= 4 is 11.9 Å². The molecule has 3 aromatic carbocycles. The number of para-hydroxylation sites is 1. The average Bonchev–Trinajstić information content (AvgIpc) is 2.61. The van der Waals surface area contributed by atoms with Gasteiger partial charge in [0.1, 0.15) is 5.75 Å². The molecule has 0 radical (unpaired) electrons. The van der Waals surface area contributed by atoms with Gasteiger partial charge in [-0.3, -0.25) is 4.99 Å². The largest absolute Gasteiger partial charge is 0.507 e. The van der Waals surface area contributed by atoms with Crippen LogP contribution in [0.15, 0.2) is 77.8 Å². The van der Waals surface area contributed by atoms with Gasteiger partial charge in [-0.05, 0) is 35.9 Å². The summed E-state index contributed by atoms with van der Waals surface area (Å²) in [5.41, 5.74) is 1.67. The molecule has 25 heavy (non-hydrogen) atoms. The maximum absolute atomic E-state index is 12.6. The second-order valence-electron chi connectivity index (χ2n) is 5.41. The molecular formula is C20H14F3NO. The van der Waals surface area contributed by atoms with E-state index in [0.29, 0.717) is 16.8 Å². The normalized spacial score (nSPS) is 11.8. The molecule has 0 aliphatic carbocycles. The predicted molar refractivity (Wildman–Crippen MR) is 92.2 cm³/mol. The van der Waals surface area contributed by atoms with Crippen LogP contribution in [0.2, 0.25) is 0 Å². The van der Waals surface area contributed by atoms with E-state index in [9.17, 15) is 18.3 Å². The van der Waals surface area contributed by atoms with Crippen LogP contribution in [0.3, 0.4) is 0 Å². The van der Waals surface area contributed by atoms with E-state index in [1.54, 1.807) is 18.2 Å². The van der Waals surface area contributed by atoms with Crippen LogP contribution in [0.5, 0.6) is 5.75 Å². The topological polar surface area (TPSA) is 32.6 Å². The van der Waals surface area contributed by atoms with E-state index in [2.05, 4.69) is 4.99 Å². The molecule has 0 amide bonds. The predicted octanol–water partition coefficient (Wildman–Crippen LogP) is 5.83. The number of nitrogens with zero attached hydrogens (tertiary/aromatic N) is 1. The van der Waals surface area contributed by atoms with Crippen molar-refractivity contribution in [1.29, 1.82) is 0 Å². The van der Waals surface area contributed by atoms with E-state index in [1.165, 1.54) is 18.3 Å². The zero-order chi connectivity index (χ0) is 17.9. The van der Waals surface area contributed by atoms with Crippen LogP contribution in [0, 0.1) is 0 Å². The number of phenolic OH excluding ortho intramolecular Hbond substituents is 1. The van der Waals surface area contributed by atoms with E-state index < -0.39 is 11.7 Å². The van der Waals surface area contributed by atoms with Crippen LogP contribution in [0.4, 0.5) is 18.9 Å². The number of hydrogen-bond donors (Lipinski definition) is 1. The van der Waals surface area contributed by atoms with Crippen molar-refractivity contribution in [1.82, 2.24) is 0 Å². The fraction of sp³-hybridized carbons (Fsp3) is 0.0500. The van der Waals surface area contributed by atoms with Crippen molar-refractivity contribution < 1.29 is 18.3 Å². The second-order valence-corrected chi connectivity index (χ2v) is 5.41. The Bertz CT molecular complexity index is 885. The molecule has 2 nitrogen and oxygen atoms in total. The highest BCUT2D eigenvalue weighted by molar-refractivity contribution is 5.89. The summed E-state index contributed by atoms with van der Waals surface area (Å²) in [4.78, 5) is 4.14. The summed E-state index contributed by atoms with van der Waals surface area (Å²) in [6.07, 6.45) is -2.94. The molecule has 3 rings (SSSR count). The molecule has 126 valence electrons. The molecule has 0 unspecified atom stereocenters. The monoisotopic (exact) mass is 341 g/mol. The number of rotatable bonds is 3. The number of phenols is 1. The SMILES string of the molecule is Oc1c(C=Nc2ccc(C(F)(F)F)cc2)cccc1-c1ccccc1. The highest BCUT2D eigenvalue weighted by atomic mass is 19.4. The van der Waals surface area contributed by atoms with Crippen LogP contribution in [-0.2, 0) is 6.18 Å². The summed E-state index contributed by atoms with van der Waals surface area (Å²) in [5.74, 6) is 0.0735. The molecule has 0 saturated carbocycles. The zero-order valence-corrected chi connectivity index (χ0v) is 13.0. The standard InChI is InChI=1S/C20H14F3NO/c21-20(22,23)16-9-11-17(12-10-16)24-13-15-7-4-8-18(19(15)25)14-5-2-1-3-6-14/h1-13,25H. The van der Waals surface area contributed by atoms with Crippen molar-refractivity contribution in [2.75, 3.05) is 0 Å². The van der Waals surface area contributed by atoms with Gasteiger partial charge in [0.15, 0.2) is 0 Å². The molecule has 0 heterocycles. The first kappa shape index (κ1) is 16.8. The van der Waals surface area contributed by atoms with E-state index in [0.717, 1.165) is 17.7 Å². The van der Waals surface area contributed by atoms with Gasteiger partial charge in [-0.1, -0.05) is 42.5 Å². The van der Waals surface area contributed by atoms with Crippen molar-refractivity contribution in [3.8, 4) is 16.9 Å². The first-order valence-corrected chi connectivity index (χ1v) is 7.54. The van der Waals surface area contributed by atoms with Crippen molar-refractivity contribution in [2.45, 2.75) is 6.18 Å². The smallest absolute Gasteiger partial charge is 0.416 e. The second kappa shape index (κ2) is 6.81. The maximum atomic E-state index is 12.6.